The van der Waals surface area contributed by atoms with Crippen molar-refractivity contribution in [3.05, 3.63) is 65.3 Å². The first-order valence-electron chi connectivity index (χ1n) is 8.24. The first-order valence-corrected chi connectivity index (χ1v) is 9.50. The van der Waals surface area contributed by atoms with Crippen molar-refractivity contribution in [2.24, 2.45) is 0 Å². The average Bonchev–Trinajstić information content (AvgIpc) is 2.95. The molecule has 3 nitrogen and oxygen atoms in total. The smallest absolute Gasteiger partial charge is 0.319 e. The normalized spacial score (nSPS) is 12.3. The van der Waals surface area contributed by atoms with Gasteiger partial charge in [-0.15, -0.1) is 11.8 Å². The van der Waals surface area contributed by atoms with Crippen LogP contribution < -0.4 is 0 Å². The zero-order valence-corrected chi connectivity index (χ0v) is 15.8. The lowest BCUT2D eigenvalue weighted by molar-refractivity contribution is -0.142. The molecule has 0 saturated carbocycles. The highest BCUT2D eigenvalue weighted by atomic mass is 35.5. The number of hydrogen-bond donors (Lipinski definition) is 0. The molecule has 0 radical (unpaired) electrons. The van der Waals surface area contributed by atoms with E-state index in [1.807, 2.05) is 50.2 Å². The van der Waals surface area contributed by atoms with Gasteiger partial charge in [-0.2, -0.15) is 0 Å². The van der Waals surface area contributed by atoms with Gasteiger partial charge in [0.05, 0.1) is 6.61 Å². The molecule has 130 valence electrons. The monoisotopic (exact) mass is 373 g/mol. The topological polar surface area (TPSA) is 31.2 Å². The van der Waals surface area contributed by atoms with E-state index in [1.165, 1.54) is 11.8 Å². The lowest BCUT2D eigenvalue weighted by Crippen LogP contribution is -2.16. The van der Waals surface area contributed by atoms with Crippen molar-refractivity contribution in [2.75, 3.05) is 6.61 Å². The van der Waals surface area contributed by atoms with E-state index in [1.54, 1.807) is 0 Å². The molecule has 3 aromatic rings. The van der Waals surface area contributed by atoms with Crippen LogP contribution in [0.5, 0.6) is 0 Å². The van der Waals surface area contributed by atoms with E-state index < -0.39 is 0 Å². The van der Waals surface area contributed by atoms with Crippen LogP contribution in [0.15, 0.2) is 59.6 Å². The molecule has 25 heavy (non-hydrogen) atoms. The summed E-state index contributed by atoms with van der Waals surface area (Å²) in [4.78, 5) is 13.0. The number of halogens is 1. The number of para-hydroxylation sites is 1. The second-order valence-corrected chi connectivity index (χ2v) is 7.53. The Balaban J connectivity index is 1.93. The minimum Gasteiger partial charge on any atom is -0.465 e. The second-order valence-electron chi connectivity index (χ2n) is 5.74. The molecule has 0 bridgehead atoms. The zero-order chi connectivity index (χ0) is 17.8. The number of carbonyl (C=O) groups excluding carboxylic acids is 1. The van der Waals surface area contributed by atoms with Gasteiger partial charge in [-0.25, -0.2) is 0 Å². The number of hydrogen-bond acceptors (Lipinski definition) is 3. The van der Waals surface area contributed by atoms with Gasteiger partial charge in [0.2, 0.25) is 0 Å². The van der Waals surface area contributed by atoms with Gasteiger partial charge in [0, 0.05) is 33.6 Å². The van der Waals surface area contributed by atoms with Crippen molar-refractivity contribution in [1.82, 2.24) is 4.57 Å². The van der Waals surface area contributed by atoms with Gasteiger partial charge >= 0.3 is 5.97 Å². The molecule has 5 heteroatoms. The Morgan fingerprint density at radius 2 is 1.92 bits per heavy atom. The maximum absolute atomic E-state index is 12.0. The molecule has 0 N–H and O–H groups in total. The van der Waals surface area contributed by atoms with Crippen LogP contribution in [0.3, 0.4) is 0 Å². The van der Waals surface area contributed by atoms with Crippen molar-refractivity contribution in [3.63, 3.8) is 0 Å². The highest BCUT2D eigenvalue weighted by Gasteiger charge is 2.18. The van der Waals surface area contributed by atoms with Crippen LogP contribution in [0.1, 0.15) is 19.4 Å². The van der Waals surface area contributed by atoms with E-state index in [0.717, 1.165) is 26.4 Å². The Morgan fingerprint density at radius 1 is 1.20 bits per heavy atom. The summed E-state index contributed by atoms with van der Waals surface area (Å²) in [5, 5.41) is 1.64. The van der Waals surface area contributed by atoms with Gasteiger partial charge in [0.15, 0.2) is 0 Å². The van der Waals surface area contributed by atoms with Crippen LogP contribution in [0, 0.1) is 0 Å². The molecular weight excluding hydrogens is 354 g/mol. The lowest BCUT2D eigenvalue weighted by Gasteiger charge is -2.09. The summed E-state index contributed by atoms with van der Waals surface area (Å²) in [5.41, 5.74) is 2.20. The van der Waals surface area contributed by atoms with Crippen molar-refractivity contribution >= 4 is 40.2 Å². The highest BCUT2D eigenvalue weighted by molar-refractivity contribution is 8.00. The number of benzene rings is 2. The van der Waals surface area contributed by atoms with Crippen LogP contribution in [0.4, 0.5) is 0 Å². The van der Waals surface area contributed by atoms with E-state index in [4.69, 9.17) is 16.3 Å². The minimum atomic E-state index is -0.250. The number of ether oxygens (including phenoxy) is 1. The molecule has 0 aliphatic heterocycles. The number of aromatic nitrogens is 1. The molecule has 1 heterocycles. The Kier molecular flexibility index (Phi) is 5.71. The molecule has 1 unspecified atom stereocenters. The second kappa shape index (κ2) is 7.98. The molecule has 0 aliphatic rings. The SMILES string of the molecule is CCOC(=O)C(C)Sc1cn(Cc2ccccc2Cl)c2ccccc12. The predicted molar refractivity (Wildman–Crippen MR) is 104 cm³/mol. The summed E-state index contributed by atoms with van der Waals surface area (Å²) < 4.78 is 7.30. The van der Waals surface area contributed by atoms with Gasteiger partial charge in [-0.3, -0.25) is 4.79 Å². The van der Waals surface area contributed by atoms with E-state index in [0.29, 0.717) is 13.2 Å². The molecule has 3 rings (SSSR count). The van der Waals surface area contributed by atoms with Gasteiger partial charge in [0.1, 0.15) is 5.25 Å². The summed E-state index contributed by atoms with van der Waals surface area (Å²) in [6, 6.07) is 16.1. The molecule has 0 amide bonds. The maximum atomic E-state index is 12.0. The fourth-order valence-electron chi connectivity index (χ4n) is 2.75. The summed E-state index contributed by atoms with van der Waals surface area (Å²) >= 11 is 7.84. The molecule has 2 aromatic carbocycles. The number of fused-ring (bicyclic) bond motifs is 1. The predicted octanol–water partition coefficient (Wildman–Crippen LogP) is 5.39. The molecule has 1 atom stereocenters. The van der Waals surface area contributed by atoms with Crippen LogP contribution in [0.2, 0.25) is 5.02 Å². The van der Waals surface area contributed by atoms with Crippen LogP contribution in [-0.4, -0.2) is 22.4 Å². The van der Waals surface area contributed by atoms with Gasteiger partial charge in [0.25, 0.3) is 0 Å². The number of rotatable bonds is 6. The van der Waals surface area contributed by atoms with Crippen molar-refractivity contribution < 1.29 is 9.53 Å². The first-order chi connectivity index (χ1) is 12.1. The highest BCUT2D eigenvalue weighted by Crippen LogP contribution is 2.33. The summed E-state index contributed by atoms with van der Waals surface area (Å²) in [5.74, 6) is -0.185. The standard InChI is InChI=1S/C20H20ClNO2S/c1-3-24-20(23)14(2)25-19-13-22(18-11-7-5-9-16(18)19)12-15-8-4-6-10-17(15)21/h4-11,13-14H,3,12H2,1-2H3. The van der Waals surface area contributed by atoms with Gasteiger partial charge in [-0.05, 0) is 31.5 Å². The Bertz CT molecular complexity index is 890. The summed E-state index contributed by atoms with van der Waals surface area (Å²) in [6.45, 7) is 4.79. The lowest BCUT2D eigenvalue weighted by atomic mass is 10.2. The molecule has 0 spiro atoms. The van der Waals surface area contributed by atoms with E-state index >= 15 is 0 Å². The van der Waals surface area contributed by atoms with Crippen molar-refractivity contribution in [3.8, 4) is 0 Å². The van der Waals surface area contributed by atoms with E-state index in [-0.39, 0.29) is 11.2 Å². The number of nitrogens with zero attached hydrogens (tertiary/aromatic N) is 1. The minimum absolute atomic E-state index is 0.185. The molecule has 1 aromatic heterocycles. The molecular formula is C20H20ClNO2S. The fraction of sp³-hybridized carbons (Fsp3) is 0.250. The Labute approximate surface area is 156 Å². The van der Waals surface area contributed by atoms with E-state index in [2.05, 4.69) is 22.9 Å². The largest absolute Gasteiger partial charge is 0.465 e. The molecule has 0 fully saturated rings. The van der Waals surface area contributed by atoms with Crippen LogP contribution in [0.25, 0.3) is 10.9 Å². The van der Waals surface area contributed by atoms with Gasteiger partial charge in [-0.1, -0.05) is 48.0 Å². The van der Waals surface area contributed by atoms with E-state index in [9.17, 15) is 4.79 Å². The third kappa shape index (κ3) is 4.02. The Morgan fingerprint density at radius 3 is 2.68 bits per heavy atom. The average molecular weight is 374 g/mol. The van der Waals surface area contributed by atoms with Gasteiger partial charge < -0.3 is 9.30 Å². The maximum Gasteiger partial charge on any atom is 0.319 e. The van der Waals surface area contributed by atoms with Crippen molar-refractivity contribution in [2.45, 2.75) is 30.5 Å². The molecule has 0 saturated heterocycles. The third-order valence-corrected chi connectivity index (χ3v) is 5.47. The Hall–Kier alpha value is -1.91. The van der Waals surface area contributed by atoms with Crippen LogP contribution in [-0.2, 0) is 16.1 Å². The first kappa shape index (κ1) is 17.9. The fourth-order valence-corrected chi connectivity index (χ4v) is 3.97. The number of esters is 1. The van der Waals surface area contributed by atoms with Crippen molar-refractivity contribution in [1.29, 1.82) is 0 Å². The zero-order valence-electron chi connectivity index (χ0n) is 14.2. The summed E-state index contributed by atoms with van der Waals surface area (Å²) in [6.07, 6.45) is 2.09. The number of thioether (sulfide) groups is 1. The third-order valence-electron chi connectivity index (χ3n) is 3.97. The summed E-state index contributed by atoms with van der Waals surface area (Å²) in [7, 11) is 0. The quantitative estimate of drug-likeness (QED) is 0.429. The number of carbonyl (C=O) groups is 1. The molecule has 0 aliphatic carbocycles. The van der Waals surface area contributed by atoms with Crippen LogP contribution >= 0.6 is 23.4 Å².